The van der Waals surface area contributed by atoms with Crippen molar-refractivity contribution in [2.45, 2.75) is 6.92 Å². The van der Waals surface area contributed by atoms with Gasteiger partial charge in [-0.15, -0.1) is 0 Å². The van der Waals surface area contributed by atoms with Crippen molar-refractivity contribution in [2.24, 2.45) is 0 Å². The number of nitro groups is 1. The number of hydrogen-bond donors (Lipinski definition) is 4. The first-order valence-corrected chi connectivity index (χ1v) is 8.69. The number of nitrogens with zero attached hydrogens (tertiary/aromatic N) is 3. The molecule has 11 heteroatoms. The third-order valence-electron chi connectivity index (χ3n) is 3.94. The van der Waals surface area contributed by atoms with Crippen LogP contribution in [-0.2, 0) is 0 Å². The van der Waals surface area contributed by atoms with Crippen molar-refractivity contribution >= 4 is 29.1 Å². The van der Waals surface area contributed by atoms with Crippen LogP contribution in [0.3, 0.4) is 0 Å². The normalized spacial score (nSPS) is 10.0. The van der Waals surface area contributed by atoms with Gasteiger partial charge in [0.2, 0.25) is 11.6 Å². The van der Waals surface area contributed by atoms with E-state index in [0.29, 0.717) is 11.1 Å². The fourth-order valence-corrected chi connectivity index (χ4v) is 2.41. The van der Waals surface area contributed by atoms with Crippen LogP contribution in [0.1, 0.15) is 26.3 Å². The summed E-state index contributed by atoms with van der Waals surface area (Å²) < 4.78 is 0. The number of carbonyl (C=O) groups is 2. The number of rotatable bonds is 7. The number of aryl methyl sites for hydroxylation is 1. The number of benzene rings is 2. The molecule has 0 aliphatic carbocycles. The summed E-state index contributed by atoms with van der Waals surface area (Å²) in [6, 6.07) is 15.0. The van der Waals surface area contributed by atoms with Gasteiger partial charge in [0.05, 0.1) is 4.92 Å². The molecule has 3 rings (SSSR count). The standard InChI is InChI=1S/C19H17N7O4/c1-12-7-9-14(10-8-12)19(28)25-23-17-15(26(29)30)16(20-11-21-17)22-24-18(27)13-5-3-2-4-6-13/h2-11H,1H3,(H,24,27)(H,25,28)(H2,20,21,22,23). The molecule has 0 saturated heterocycles. The van der Waals surface area contributed by atoms with Crippen molar-refractivity contribution < 1.29 is 14.5 Å². The van der Waals surface area contributed by atoms with E-state index in [9.17, 15) is 19.7 Å². The summed E-state index contributed by atoms with van der Waals surface area (Å²) in [7, 11) is 0. The third-order valence-corrected chi connectivity index (χ3v) is 3.94. The molecule has 0 unspecified atom stereocenters. The minimum absolute atomic E-state index is 0.257. The van der Waals surface area contributed by atoms with Gasteiger partial charge in [0.15, 0.2) is 0 Å². The van der Waals surface area contributed by atoms with Crippen LogP contribution < -0.4 is 21.7 Å². The fraction of sp³-hybridized carbons (Fsp3) is 0.0526. The molecule has 0 saturated carbocycles. The Labute approximate surface area is 170 Å². The lowest BCUT2D eigenvalue weighted by atomic mass is 10.1. The average molecular weight is 407 g/mol. The summed E-state index contributed by atoms with van der Waals surface area (Å²) in [6.07, 6.45) is 1.05. The molecule has 30 heavy (non-hydrogen) atoms. The largest absolute Gasteiger partial charge is 0.356 e. The molecule has 1 heterocycles. The van der Waals surface area contributed by atoms with Gasteiger partial charge < -0.3 is 0 Å². The van der Waals surface area contributed by atoms with Crippen molar-refractivity contribution in [3.05, 3.63) is 87.7 Å². The monoisotopic (exact) mass is 407 g/mol. The Kier molecular flexibility index (Phi) is 6.13. The maximum absolute atomic E-state index is 12.2. The molecule has 2 amide bonds. The van der Waals surface area contributed by atoms with E-state index in [0.717, 1.165) is 11.9 Å². The summed E-state index contributed by atoms with van der Waals surface area (Å²) in [5, 5.41) is 11.5. The number of amides is 2. The molecule has 4 N–H and O–H groups in total. The van der Waals surface area contributed by atoms with E-state index in [-0.39, 0.29) is 11.6 Å². The zero-order chi connectivity index (χ0) is 21.5. The van der Waals surface area contributed by atoms with E-state index in [4.69, 9.17) is 0 Å². The molecule has 0 atom stereocenters. The lowest BCUT2D eigenvalue weighted by Gasteiger charge is -2.11. The predicted octanol–water partition coefficient (Wildman–Crippen LogP) is 2.21. The number of hydrogen-bond acceptors (Lipinski definition) is 8. The van der Waals surface area contributed by atoms with Crippen molar-refractivity contribution in [1.29, 1.82) is 0 Å². The molecule has 11 nitrogen and oxygen atoms in total. The molecular formula is C19H17N7O4. The molecular weight excluding hydrogens is 390 g/mol. The molecule has 3 aromatic rings. The molecule has 0 bridgehead atoms. The first kappa shape index (κ1) is 20.2. The Bertz CT molecular complexity index is 1070. The summed E-state index contributed by atoms with van der Waals surface area (Å²) in [6.45, 7) is 1.88. The van der Waals surface area contributed by atoms with Gasteiger partial charge in [-0.3, -0.25) is 41.4 Å². The highest BCUT2D eigenvalue weighted by molar-refractivity contribution is 5.96. The van der Waals surface area contributed by atoms with Crippen molar-refractivity contribution in [2.75, 3.05) is 10.9 Å². The molecule has 0 radical (unpaired) electrons. The number of nitrogens with one attached hydrogen (secondary N) is 4. The van der Waals surface area contributed by atoms with Crippen LogP contribution in [0.2, 0.25) is 0 Å². The van der Waals surface area contributed by atoms with E-state index < -0.39 is 22.4 Å². The quantitative estimate of drug-likeness (QED) is 0.344. The second-order valence-electron chi connectivity index (χ2n) is 6.07. The second kappa shape index (κ2) is 9.10. The van der Waals surface area contributed by atoms with E-state index in [1.807, 2.05) is 6.92 Å². The summed E-state index contributed by atoms with van der Waals surface area (Å²) in [5.74, 6) is -1.53. The van der Waals surface area contributed by atoms with Crippen LogP contribution in [0.25, 0.3) is 0 Å². The number of aromatic nitrogens is 2. The topological polar surface area (TPSA) is 151 Å². The van der Waals surface area contributed by atoms with Gasteiger partial charge in [-0.2, -0.15) is 0 Å². The first-order valence-electron chi connectivity index (χ1n) is 8.69. The van der Waals surface area contributed by atoms with Gasteiger partial charge in [-0.1, -0.05) is 35.9 Å². The SMILES string of the molecule is Cc1ccc(C(=O)NNc2ncnc(NNC(=O)c3ccccc3)c2[N+](=O)[O-])cc1. The van der Waals surface area contributed by atoms with Gasteiger partial charge in [-0.25, -0.2) is 9.97 Å². The molecule has 0 aliphatic rings. The van der Waals surface area contributed by atoms with Crippen LogP contribution in [0.15, 0.2) is 60.9 Å². The highest BCUT2D eigenvalue weighted by atomic mass is 16.6. The van der Waals surface area contributed by atoms with Crippen LogP contribution >= 0.6 is 0 Å². The lowest BCUT2D eigenvalue weighted by molar-refractivity contribution is -0.383. The van der Waals surface area contributed by atoms with Crippen LogP contribution in [0.5, 0.6) is 0 Å². The molecule has 0 aliphatic heterocycles. The summed E-state index contributed by atoms with van der Waals surface area (Å²) in [5.41, 5.74) is 10.7. The molecule has 0 spiro atoms. The maximum Gasteiger partial charge on any atom is 0.356 e. The predicted molar refractivity (Wildman–Crippen MR) is 108 cm³/mol. The highest BCUT2D eigenvalue weighted by Gasteiger charge is 2.24. The Morgan fingerprint density at radius 1 is 0.833 bits per heavy atom. The Balaban J connectivity index is 1.72. The van der Waals surface area contributed by atoms with Gasteiger partial charge in [-0.05, 0) is 31.2 Å². The number of anilines is 2. The summed E-state index contributed by atoms with van der Waals surface area (Å²) in [4.78, 5) is 42.7. The van der Waals surface area contributed by atoms with Crippen molar-refractivity contribution in [3.63, 3.8) is 0 Å². The second-order valence-corrected chi connectivity index (χ2v) is 6.07. The Morgan fingerprint density at radius 3 is 1.83 bits per heavy atom. The van der Waals surface area contributed by atoms with E-state index in [1.54, 1.807) is 54.6 Å². The van der Waals surface area contributed by atoms with Crippen LogP contribution in [0.4, 0.5) is 17.3 Å². The van der Waals surface area contributed by atoms with Gasteiger partial charge in [0, 0.05) is 11.1 Å². The van der Waals surface area contributed by atoms with Crippen LogP contribution in [0, 0.1) is 17.0 Å². The minimum Gasteiger partial charge on any atom is -0.276 e. The van der Waals surface area contributed by atoms with Gasteiger partial charge >= 0.3 is 5.69 Å². The number of hydrazine groups is 2. The van der Waals surface area contributed by atoms with Gasteiger partial charge in [0.25, 0.3) is 11.8 Å². The van der Waals surface area contributed by atoms with E-state index in [2.05, 4.69) is 31.7 Å². The molecule has 2 aromatic carbocycles. The highest BCUT2D eigenvalue weighted by Crippen LogP contribution is 2.27. The first-order chi connectivity index (χ1) is 14.5. The van der Waals surface area contributed by atoms with Gasteiger partial charge in [0.1, 0.15) is 6.33 Å². The molecule has 1 aromatic heterocycles. The maximum atomic E-state index is 12.2. The van der Waals surface area contributed by atoms with Crippen molar-refractivity contribution in [1.82, 2.24) is 20.8 Å². The summed E-state index contributed by atoms with van der Waals surface area (Å²) >= 11 is 0. The minimum atomic E-state index is -0.739. The zero-order valence-electron chi connectivity index (χ0n) is 15.7. The fourth-order valence-electron chi connectivity index (χ4n) is 2.41. The van der Waals surface area contributed by atoms with Crippen LogP contribution in [-0.4, -0.2) is 26.7 Å². The van der Waals surface area contributed by atoms with E-state index >= 15 is 0 Å². The number of carbonyl (C=O) groups excluding carboxylic acids is 2. The third kappa shape index (κ3) is 4.84. The zero-order valence-corrected chi connectivity index (χ0v) is 15.7. The average Bonchev–Trinajstić information content (AvgIpc) is 2.76. The van der Waals surface area contributed by atoms with E-state index in [1.165, 1.54) is 0 Å². The molecule has 0 fully saturated rings. The lowest BCUT2D eigenvalue weighted by Crippen LogP contribution is -2.32. The molecule has 152 valence electrons. The Morgan fingerprint density at radius 2 is 1.33 bits per heavy atom. The van der Waals surface area contributed by atoms with Crippen molar-refractivity contribution in [3.8, 4) is 0 Å². The smallest absolute Gasteiger partial charge is 0.276 e. The Hall–Kier alpha value is -4.54.